The maximum Gasteiger partial charge on any atom is 0.422 e. The molecule has 2 rings (SSSR count). The average Bonchev–Trinajstić information content (AvgIpc) is 2.96. The molecular formula is C13H13BrF3N3O3. The quantitative estimate of drug-likeness (QED) is 0.853. The Morgan fingerprint density at radius 1 is 1.43 bits per heavy atom. The molecule has 0 spiro atoms. The zero-order valence-electron chi connectivity index (χ0n) is 11.8. The van der Waals surface area contributed by atoms with Gasteiger partial charge in [-0.2, -0.15) is 13.2 Å². The topological polar surface area (TPSA) is 71.5 Å². The van der Waals surface area contributed by atoms with Crippen molar-refractivity contribution < 1.29 is 27.5 Å². The Labute approximate surface area is 138 Å². The first-order valence-electron chi connectivity index (χ1n) is 6.69. The minimum absolute atomic E-state index is 0.169. The van der Waals surface area contributed by atoms with Gasteiger partial charge in [0.2, 0.25) is 5.91 Å². The largest absolute Gasteiger partial charge is 0.440 e. The number of nitrogens with one attached hydrogen (secondary N) is 1. The Hall–Kier alpha value is -1.84. The van der Waals surface area contributed by atoms with E-state index in [-0.39, 0.29) is 12.4 Å². The fraction of sp³-hybridized carbons (Fsp3) is 0.462. The molecule has 1 unspecified atom stereocenters. The number of alkyl halides is 3. The molecule has 23 heavy (non-hydrogen) atoms. The van der Waals surface area contributed by atoms with Gasteiger partial charge in [0.05, 0.1) is 0 Å². The number of nitrogens with zero attached hydrogens (tertiary/aromatic N) is 2. The Morgan fingerprint density at radius 3 is 2.78 bits per heavy atom. The molecule has 0 aromatic carbocycles. The lowest BCUT2D eigenvalue weighted by atomic mass is 10.2. The fourth-order valence-corrected chi connectivity index (χ4v) is 2.38. The van der Waals surface area contributed by atoms with Crippen molar-refractivity contribution >= 4 is 33.7 Å². The summed E-state index contributed by atoms with van der Waals surface area (Å²) in [4.78, 5) is 28.9. The third-order valence-corrected chi connectivity index (χ3v) is 3.60. The molecule has 1 fully saturated rings. The molecule has 0 radical (unpaired) electrons. The molecule has 126 valence electrons. The van der Waals surface area contributed by atoms with E-state index in [9.17, 15) is 22.8 Å². The summed E-state index contributed by atoms with van der Waals surface area (Å²) in [7, 11) is 0. The second kappa shape index (κ2) is 7.16. The zero-order valence-corrected chi connectivity index (χ0v) is 13.4. The first-order valence-corrected chi connectivity index (χ1v) is 7.48. The molecule has 1 atom stereocenters. The van der Waals surface area contributed by atoms with Crippen LogP contribution in [0.5, 0.6) is 0 Å². The van der Waals surface area contributed by atoms with E-state index in [0.717, 1.165) is 9.37 Å². The van der Waals surface area contributed by atoms with Gasteiger partial charge in [-0.3, -0.25) is 9.69 Å². The van der Waals surface area contributed by atoms with Crippen molar-refractivity contribution in [1.82, 2.24) is 9.88 Å². The zero-order chi connectivity index (χ0) is 17.0. The fourth-order valence-electron chi connectivity index (χ4n) is 2.14. The van der Waals surface area contributed by atoms with Crippen LogP contribution < -0.4 is 5.32 Å². The highest BCUT2D eigenvalue weighted by Gasteiger charge is 2.37. The van der Waals surface area contributed by atoms with Crippen LogP contribution in [0.1, 0.15) is 12.8 Å². The minimum atomic E-state index is -4.60. The summed E-state index contributed by atoms with van der Waals surface area (Å²) < 4.78 is 41.2. The Balaban J connectivity index is 1.96. The molecule has 1 aliphatic rings. The lowest BCUT2D eigenvalue weighted by molar-refractivity contribution is -0.162. The Morgan fingerprint density at radius 2 is 2.17 bits per heavy atom. The maximum absolute atomic E-state index is 12.2. The number of aromatic nitrogens is 1. The molecule has 2 heterocycles. The van der Waals surface area contributed by atoms with Gasteiger partial charge in [-0.05, 0) is 40.9 Å². The molecular weight excluding hydrogens is 383 g/mol. The predicted octanol–water partition coefficient (Wildman–Crippen LogP) is 2.95. The van der Waals surface area contributed by atoms with Crippen LogP contribution in [-0.2, 0) is 9.53 Å². The van der Waals surface area contributed by atoms with Crippen LogP contribution in [0.4, 0.5) is 23.8 Å². The van der Waals surface area contributed by atoms with Crippen LogP contribution in [-0.4, -0.2) is 47.3 Å². The van der Waals surface area contributed by atoms with E-state index >= 15 is 0 Å². The summed E-state index contributed by atoms with van der Waals surface area (Å²) in [6.07, 6.45) is -3.41. The van der Waals surface area contributed by atoms with Gasteiger partial charge in [0, 0.05) is 17.2 Å². The standard InChI is InChI=1S/C13H13BrF3N3O3/c14-8-3-4-10(18-6-8)19-11(21)9-2-1-5-20(9)12(22)23-7-13(15,16)17/h3-4,6,9H,1-2,5,7H2,(H,18,19,21). The lowest BCUT2D eigenvalue weighted by Gasteiger charge is -2.23. The number of rotatable bonds is 3. The number of carbonyl (C=O) groups excluding carboxylic acids is 2. The van der Waals surface area contributed by atoms with E-state index < -0.39 is 30.8 Å². The van der Waals surface area contributed by atoms with Gasteiger partial charge in [-0.15, -0.1) is 0 Å². The van der Waals surface area contributed by atoms with Gasteiger partial charge in [-0.1, -0.05) is 0 Å². The normalized spacial score (nSPS) is 17.9. The third-order valence-electron chi connectivity index (χ3n) is 3.13. The number of hydrogen-bond donors (Lipinski definition) is 1. The highest BCUT2D eigenvalue weighted by Crippen LogP contribution is 2.22. The molecule has 10 heteroatoms. The highest BCUT2D eigenvalue weighted by molar-refractivity contribution is 9.10. The molecule has 0 bridgehead atoms. The second-order valence-corrected chi connectivity index (χ2v) is 5.79. The van der Waals surface area contributed by atoms with Gasteiger partial charge in [0.25, 0.3) is 0 Å². The van der Waals surface area contributed by atoms with E-state index in [1.165, 1.54) is 6.20 Å². The van der Waals surface area contributed by atoms with Gasteiger partial charge in [-0.25, -0.2) is 9.78 Å². The Kier molecular flexibility index (Phi) is 5.45. The van der Waals surface area contributed by atoms with Crippen LogP contribution in [0.15, 0.2) is 22.8 Å². The summed E-state index contributed by atoms with van der Waals surface area (Å²) in [6, 6.07) is 2.36. The predicted molar refractivity (Wildman–Crippen MR) is 77.7 cm³/mol. The first-order chi connectivity index (χ1) is 10.8. The molecule has 1 saturated heterocycles. The molecule has 0 aliphatic carbocycles. The molecule has 6 nitrogen and oxygen atoms in total. The summed E-state index contributed by atoms with van der Waals surface area (Å²) in [5.41, 5.74) is 0. The van der Waals surface area contributed by atoms with Crippen LogP contribution in [0.2, 0.25) is 0 Å². The Bertz CT molecular complexity index is 580. The van der Waals surface area contributed by atoms with Gasteiger partial charge >= 0.3 is 12.3 Å². The van der Waals surface area contributed by atoms with Crippen molar-refractivity contribution in [3.63, 3.8) is 0 Å². The number of likely N-dealkylation sites (tertiary alicyclic amines) is 1. The number of hydrogen-bond acceptors (Lipinski definition) is 4. The van der Waals surface area contributed by atoms with Crippen molar-refractivity contribution in [2.75, 3.05) is 18.5 Å². The van der Waals surface area contributed by atoms with Crippen LogP contribution in [0.25, 0.3) is 0 Å². The first kappa shape index (κ1) is 17.5. The number of ether oxygens (including phenoxy) is 1. The maximum atomic E-state index is 12.2. The molecule has 0 saturated carbocycles. The summed E-state index contributed by atoms with van der Waals surface area (Å²) in [6.45, 7) is -1.51. The molecule has 1 aromatic rings. The van der Waals surface area contributed by atoms with Crippen molar-refractivity contribution in [3.8, 4) is 0 Å². The van der Waals surface area contributed by atoms with Crippen molar-refractivity contribution in [2.24, 2.45) is 0 Å². The third kappa shape index (κ3) is 5.08. The van der Waals surface area contributed by atoms with Crippen molar-refractivity contribution in [3.05, 3.63) is 22.8 Å². The highest BCUT2D eigenvalue weighted by atomic mass is 79.9. The van der Waals surface area contributed by atoms with Crippen molar-refractivity contribution in [2.45, 2.75) is 25.1 Å². The van der Waals surface area contributed by atoms with E-state index in [4.69, 9.17) is 0 Å². The summed E-state index contributed by atoms with van der Waals surface area (Å²) >= 11 is 3.20. The van der Waals surface area contributed by atoms with E-state index in [1.807, 2.05) is 0 Å². The SMILES string of the molecule is O=C(Nc1ccc(Br)cn1)C1CCCN1C(=O)OCC(F)(F)F. The molecule has 2 amide bonds. The average molecular weight is 396 g/mol. The minimum Gasteiger partial charge on any atom is -0.440 e. The van der Waals surface area contributed by atoms with Gasteiger partial charge in [0.1, 0.15) is 11.9 Å². The van der Waals surface area contributed by atoms with Gasteiger partial charge < -0.3 is 10.1 Å². The molecule has 1 aliphatic heterocycles. The second-order valence-electron chi connectivity index (χ2n) is 4.87. The number of anilines is 1. The molecule has 1 aromatic heterocycles. The van der Waals surface area contributed by atoms with E-state index in [2.05, 4.69) is 31.0 Å². The van der Waals surface area contributed by atoms with Gasteiger partial charge in [0.15, 0.2) is 6.61 Å². The molecule has 1 N–H and O–H groups in total. The van der Waals surface area contributed by atoms with Crippen LogP contribution in [0, 0.1) is 0 Å². The summed E-state index contributed by atoms with van der Waals surface area (Å²) in [5.74, 6) is -0.227. The number of carbonyl (C=O) groups is 2. The van der Waals surface area contributed by atoms with Crippen LogP contribution >= 0.6 is 15.9 Å². The monoisotopic (exact) mass is 395 g/mol. The van der Waals surface area contributed by atoms with E-state index in [1.54, 1.807) is 12.1 Å². The van der Waals surface area contributed by atoms with Crippen molar-refractivity contribution in [1.29, 1.82) is 0 Å². The number of pyridine rings is 1. The number of amides is 2. The van der Waals surface area contributed by atoms with E-state index in [0.29, 0.717) is 12.8 Å². The lowest BCUT2D eigenvalue weighted by Crippen LogP contribution is -2.44. The summed E-state index contributed by atoms with van der Waals surface area (Å²) in [5, 5.41) is 2.53. The smallest absolute Gasteiger partial charge is 0.422 e. The number of halogens is 4. The van der Waals surface area contributed by atoms with Crippen LogP contribution in [0.3, 0.4) is 0 Å².